The lowest BCUT2D eigenvalue weighted by molar-refractivity contribution is -0.118. The second kappa shape index (κ2) is 4.70. The number of nitrogens with two attached hydrogens (primary N) is 1. The highest BCUT2D eigenvalue weighted by molar-refractivity contribution is 7.16. The molecule has 1 fully saturated rings. The van der Waals surface area contributed by atoms with Gasteiger partial charge in [-0.3, -0.25) is 4.79 Å². The van der Waals surface area contributed by atoms with E-state index in [1.54, 1.807) is 13.0 Å². The van der Waals surface area contributed by atoms with Crippen LogP contribution in [0.25, 0.3) is 0 Å². The van der Waals surface area contributed by atoms with Crippen molar-refractivity contribution >= 4 is 28.2 Å². The number of carbonyl (C=O) groups is 2. The van der Waals surface area contributed by atoms with Gasteiger partial charge in [-0.15, -0.1) is 11.3 Å². The van der Waals surface area contributed by atoms with Gasteiger partial charge in [0.1, 0.15) is 5.00 Å². The number of amides is 1. The second-order valence-corrected chi connectivity index (χ2v) is 5.69. The van der Waals surface area contributed by atoms with Gasteiger partial charge < -0.3 is 15.8 Å². The van der Waals surface area contributed by atoms with Crippen molar-refractivity contribution < 1.29 is 14.3 Å². The molecule has 3 N–H and O–H groups in total. The predicted molar refractivity (Wildman–Crippen MR) is 69.8 cm³/mol. The van der Waals surface area contributed by atoms with Crippen molar-refractivity contribution in [2.24, 2.45) is 5.73 Å². The smallest absolute Gasteiger partial charge is 0.341 e. The Bertz CT molecular complexity index is 492. The standard InChI is InChI=1S/C12H16N2O3S/c1-3-17-10(15)8-6-7(2)18-9(8)14-11(16)12(13)4-5-12/h6H,3-5,13H2,1-2H3,(H,14,16). The molecule has 1 saturated carbocycles. The van der Waals surface area contributed by atoms with Gasteiger partial charge in [-0.1, -0.05) is 0 Å². The number of thiophene rings is 1. The number of rotatable bonds is 4. The van der Waals surface area contributed by atoms with Gasteiger partial charge in [-0.25, -0.2) is 4.79 Å². The highest BCUT2D eigenvalue weighted by atomic mass is 32.1. The Morgan fingerprint density at radius 3 is 2.78 bits per heavy atom. The molecule has 0 bridgehead atoms. The maximum absolute atomic E-state index is 11.9. The lowest BCUT2D eigenvalue weighted by Crippen LogP contribution is -2.37. The highest BCUT2D eigenvalue weighted by Gasteiger charge is 2.46. The van der Waals surface area contributed by atoms with E-state index in [9.17, 15) is 9.59 Å². The molecule has 0 aliphatic heterocycles. The Morgan fingerprint density at radius 1 is 1.56 bits per heavy atom. The number of aryl methyl sites for hydroxylation is 1. The maximum Gasteiger partial charge on any atom is 0.341 e. The highest BCUT2D eigenvalue weighted by Crippen LogP contribution is 2.35. The molecule has 1 aliphatic carbocycles. The van der Waals surface area contributed by atoms with Crippen molar-refractivity contribution in [3.05, 3.63) is 16.5 Å². The zero-order chi connectivity index (χ0) is 13.3. The first kappa shape index (κ1) is 13.0. The quantitative estimate of drug-likeness (QED) is 0.814. The van der Waals surface area contributed by atoms with E-state index in [4.69, 9.17) is 10.5 Å². The first-order valence-electron chi connectivity index (χ1n) is 5.84. The fraction of sp³-hybridized carbons (Fsp3) is 0.500. The van der Waals surface area contributed by atoms with Crippen LogP contribution in [0.1, 0.15) is 35.0 Å². The van der Waals surface area contributed by atoms with E-state index in [1.807, 2.05) is 6.92 Å². The number of hydrogen-bond acceptors (Lipinski definition) is 5. The van der Waals surface area contributed by atoms with Crippen LogP contribution in [0.3, 0.4) is 0 Å². The van der Waals surface area contributed by atoms with E-state index in [-0.39, 0.29) is 5.91 Å². The van der Waals surface area contributed by atoms with Gasteiger partial charge in [0.05, 0.1) is 17.7 Å². The molecule has 0 radical (unpaired) electrons. The van der Waals surface area contributed by atoms with Crippen molar-refractivity contribution in [1.29, 1.82) is 0 Å². The Morgan fingerprint density at radius 2 is 2.22 bits per heavy atom. The van der Waals surface area contributed by atoms with E-state index in [1.165, 1.54) is 11.3 Å². The van der Waals surface area contributed by atoms with Gasteiger partial charge in [0, 0.05) is 4.88 Å². The monoisotopic (exact) mass is 268 g/mol. The van der Waals surface area contributed by atoms with Gasteiger partial charge in [-0.05, 0) is 32.8 Å². The van der Waals surface area contributed by atoms with Crippen LogP contribution in [-0.2, 0) is 9.53 Å². The zero-order valence-electron chi connectivity index (χ0n) is 10.4. The third kappa shape index (κ3) is 2.54. The largest absolute Gasteiger partial charge is 0.462 e. The zero-order valence-corrected chi connectivity index (χ0v) is 11.2. The number of esters is 1. The summed E-state index contributed by atoms with van der Waals surface area (Å²) in [5.41, 5.74) is 5.46. The summed E-state index contributed by atoms with van der Waals surface area (Å²) < 4.78 is 4.95. The molecule has 1 aromatic rings. The van der Waals surface area contributed by atoms with E-state index in [0.717, 1.165) is 4.88 Å². The van der Waals surface area contributed by atoms with Crippen LogP contribution in [0, 0.1) is 6.92 Å². The molecule has 0 spiro atoms. The number of anilines is 1. The lowest BCUT2D eigenvalue weighted by Gasteiger charge is -2.09. The predicted octanol–water partition coefficient (Wildman–Crippen LogP) is 1.66. The molecule has 1 heterocycles. The molecule has 0 saturated heterocycles. The average Bonchev–Trinajstić information content (AvgIpc) is 2.95. The van der Waals surface area contributed by atoms with Crippen LogP contribution in [0.4, 0.5) is 5.00 Å². The SMILES string of the molecule is CCOC(=O)c1cc(C)sc1NC(=O)C1(N)CC1. The first-order valence-corrected chi connectivity index (χ1v) is 6.66. The summed E-state index contributed by atoms with van der Waals surface area (Å²) in [7, 11) is 0. The molecule has 1 aromatic heterocycles. The summed E-state index contributed by atoms with van der Waals surface area (Å²) in [6.45, 7) is 3.93. The van der Waals surface area contributed by atoms with Crippen LogP contribution < -0.4 is 11.1 Å². The van der Waals surface area contributed by atoms with Gasteiger partial charge >= 0.3 is 5.97 Å². The van der Waals surface area contributed by atoms with Gasteiger partial charge in [0.15, 0.2) is 0 Å². The Kier molecular flexibility index (Phi) is 3.41. The molecule has 0 unspecified atom stereocenters. The van der Waals surface area contributed by atoms with E-state index in [2.05, 4.69) is 5.32 Å². The van der Waals surface area contributed by atoms with Crippen molar-refractivity contribution in [3.8, 4) is 0 Å². The molecule has 5 nitrogen and oxygen atoms in total. The van der Waals surface area contributed by atoms with Crippen molar-refractivity contribution in [3.63, 3.8) is 0 Å². The van der Waals surface area contributed by atoms with Crippen LogP contribution in [-0.4, -0.2) is 24.0 Å². The summed E-state index contributed by atoms with van der Waals surface area (Å²) in [5.74, 6) is -0.645. The molecule has 2 rings (SSSR count). The molecule has 1 aliphatic rings. The Balaban J connectivity index is 2.17. The number of nitrogens with one attached hydrogen (secondary N) is 1. The summed E-state index contributed by atoms with van der Waals surface area (Å²) in [5, 5.41) is 3.25. The van der Waals surface area contributed by atoms with Gasteiger partial charge in [-0.2, -0.15) is 0 Å². The number of hydrogen-bond donors (Lipinski definition) is 2. The molecule has 98 valence electrons. The first-order chi connectivity index (χ1) is 8.46. The average molecular weight is 268 g/mol. The summed E-state index contributed by atoms with van der Waals surface area (Å²) in [6, 6.07) is 1.72. The molecule has 6 heteroatoms. The van der Waals surface area contributed by atoms with Crippen LogP contribution in [0.2, 0.25) is 0 Å². The minimum absolute atomic E-state index is 0.227. The van der Waals surface area contributed by atoms with Crippen molar-refractivity contribution in [2.45, 2.75) is 32.2 Å². The fourth-order valence-electron chi connectivity index (χ4n) is 1.56. The fourth-order valence-corrected chi connectivity index (χ4v) is 2.45. The van der Waals surface area contributed by atoms with Crippen molar-refractivity contribution in [2.75, 3.05) is 11.9 Å². The van der Waals surface area contributed by atoms with Crippen LogP contribution in [0.15, 0.2) is 6.07 Å². The summed E-state index contributed by atoms with van der Waals surface area (Å²) >= 11 is 1.35. The Hall–Kier alpha value is -1.40. The molecule has 0 aromatic carbocycles. The normalized spacial score (nSPS) is 16.2. The van der Waals surface area contributed by atoms with Crippen LogP contribution in [0.5, 0.6) is 0 Å². The molecular formula is C12H16N2O3S. The van der Waals surface area contributed by atoms with Gasteiger partial charge in [0.25, 0.3) is 0 Å². The topological polar surface area (TPSA) is 81.4 Å². The van der Waals surface area contributed by atoms with E-state index in [0.29, 0.717) is 30.0 Å². The maximum atomic E-state index is 11.9. The van der Waals surface area contributed by atoms with Crippen molar-refractivity contribution in [1.82, 2.24) is 0 Å². The summed E-state index contributed by atoms with van der Waals surface area (Å²) in [4.78, 5) is 24.5. The van der Waals surface area contributed by atoms with E-state index < -0.39 is 11.5 Å². The minimum atomic E-state index is -0.746. The molecular weight excluding hydrogens is 252 g/mol. The van der Waals surface area contributed by atoms with Crippen LogP contribution >= 0.6 is 11.3 Å². The van der Waals surface area contributed by atoms with E-state index >= 15 is 0 Å². The number of carbonyl (C=O) groups excluding carboxylic acids is 2. The summed E-state index contributed by atoms with van der Waals surface area (Å²) in [6.07, 6.45) is 1.38. The molecule has 1 amide bonds. The minimum Gasteiger partial charge on any atom is -0.462 e. The third-order valence-corrected chi connectivity index (χ3v) is 3.78. The Labute approximate surface area is 109 Å². The molecule has 0 atom stereocenters. The second-order valence-electron chi connectivity index (χ2n) is 4.43. The number of ether oxygens (including phenoxy) is 1. The lowest BCUT2D eigenvalue weighted by atomic mass is 10.2. The third-order valence-electron chi connectivity index (χ3n) is 2.82. The van der Waals surface area contributed by atoms with Gasteiger partial charge in [0.2, 0.25) is 5.91 Å². The molecule has 18 heavy (non-hydrogen) atoms.